The molecule has 164 valence electrons. The van der Waals surface area contributed by atoms with Crippen LogP contribution in [0.15, 0.2) is 33.5 Å². The van der Waals surface area contributed by atoms with E-state index in [-0.39, 0.29) is 5.63 Å². The highest BCUT2D eigenvalue weighted by Crippen LogP contribution is 2.21. The average Bonchev–Trinajstić information content (AvgIpc) is 2.72. The van der Waals surface area contributed by atoms with E-state index in [1.165, 1.54) is 6.07 Å². The lowest BCUT2D eigenvalue weighted by molar-refractivity contribution is 0.00206. The van der Waals surface area contributed by atoms with E-state index in [2.05, 4.69) is 5.32 Å². The molecule has 1 aliphatic heterocycles. The molecule has 0 bridgehead atoms. The predicted molar refractivity (Wildman–Crippen MR) is 118 cm³/mol. The number of thiocarbonyl (C=S) groups is 1. The number of nitrogens with zero attached hydrogens (tertiary/aromatic N) is 1. The molecule has 1 N–H and O–H groups in total. The molecule has 8 nitrogen and oxygen atoms in total. The van der Waals surface area contributed by atoms with E-state index in [9.17, 15) is 4.79 Å². The Hall–Kier alpha value is -2.04. The van der Waals surface area contributed by atoms with Crippen LogP contribution < -0.4 is 10.9 Å². The van der Waals surface area contributed by atoms with Crippen LogP contribution in [0, 0.1) is 6.92 Å². The number of nitrogens with one attached hydrogen (secondary N) is 1. The van der Waals surface area contributed by atoms with E-state index >= 15 is 0 Å². The van der Waals surface area contributed by atoms with Gasteiger partial charge in [0.2, 0.25) is 0 Å². The van der Waals surface area contributed by atoms with E-state index in [0.717, 1.165) is 16.6 Å². The zero-order valence-corrected chi connectivity index (χ0v) is 18.0. The van der Waals surface area contributed by atoms with Crippen LogP contribution in [0.5, 0.6) is 0 Å². The van der Waals surface area contributed by atoms with Crippen LogP contribution in [0.1, 0.15) is 5.56 Å². The summed E-state index contributed by atoms with van der Waals surface area (Å²) in [5.41, 5.74) is 1.79. The fraction of sp³-hybridized carbons (Fsp3) is 0.524. The molecule has 0 atom stereocenters. The van der Waals surface area contributed by atoms with E-state index in [1.54, 1.807) is 6.07 Å². The highest BCUT2D eigenvalue weighted by atomic mass is 32.1. The smallest absolute Gasteiger partial charge is 0.336 e. The molecule has 0 aliphatic carbocycles. The zero-order chi connectivity index (χ0) is 21.2. The fourth-order valence-corrected chi connectivity index (χ4v) is 3.33. The van der Waals surface area contributed by atoms with Gasteiger partial charge >= 0.3 is 5.63 Å². The van der Waals surface area contributed by atoms with Crippen molar-refractivity contribution in [3.8, 4) is 0 Å². The van der Waals surface area contributed by atoms with Crippen molar-refractivity contribution in [2.45, 2.75) is 6.92 Å². The minimum absolute atomic E-state index is 0.368. The molecular weight excluding hydrogens is 408 g/mol. The summed E-state index contributed by atoms with van der Waals surface area (Å²) in [7, 11) is 0. The summed E-state index contributed by atoms with van der Waals surface area (Å²) in [5.74, 6) is 0. The molecule has 1 fully saturated rings. The molecule has 1 saturated heterocycles. The largest absolute Gasteiger partial charge is 0.423 e. The minimum atomic E-state index is -0.368. The number of aryl methyl sites for hydroxylation is 1. The maximum absolute atomic E-state index is 11.7. The van der Waals surface area contributed by atoms with Crippen LogP contribution in [-0.2, 0) is 18.9 Å². The number of ether oxygens (including phenoxy) is 4. The summed E-state index contributed by atoms with van der Waals surface area (Å²) in [6, 6.07) is 7.10. The summed E-state index contributed by atoms with van der Waals surface area (Å²) in [5, 5.41) is 4.67. The lowest BCUT2D eigenvalue weighted by Crippen LogP contribution is -2.39. The average molecular weight is 437 g/mol. The van der Waals surface area contributed by atoms with Gasteiger partial charge in [-0.05, 0) is 36.8 Å². The normalized spacial score (nSPS) is 17.8. The lowest BCUT2D eigenvalue weighted by Gasteiger charge is -2.26. The monoisotopic (exact) mass is 436 g/mol. The maximum Gasteiger partial charge on any atom is 0.336 e. The van der Waals surface area contributed by atoms with E-state index in [0.29, 0.717) is 76.6 Å². The van der Waals surface area contributed by atoms with Crippen LogP contribution in [-0.4, -0.2) is 76.0 Å². The van der Waals surface area contributed by atoms with Gasteiger partial charge in [-0.2, -0.15) is 0 Å². The SMILES string of the molecule is Cc1cc(=O)oc2cc(NC(=S)N3CCOCCOCCOCCOCC3)ccc12. The first-order valence-electron chi connectivity index (χ1n) is 10.0. The Morgan fingerprint density at radius 1 is 0.900 bits per heavy atom. The first-order valence-corrected chi connectivity index (χ1v) is 10.5. The van der Waals surface area contributed by atoms with Crippen LogP contribution in [0.25, 0.3) is 11.0 Å². The van der Waals surface area contributed by atoms with Crippen molar-refractivity contribution in [3.05, 3.63) is 40.2 Å². The summed E-state index contributed by atoms with van der Waals surface area (Å²) in [6.45, 7) is 7.37. The zero-order valence-electron chi connectivity index (χ0n) is 17.2. The third-order valence-corrected chi connectivity index (χ3v) is 4.98. The van der Waals surface area contributed by atoms with Gasteiger partial charge in [0.15, 0.2) is 5.11 Å². The second-order valence-corrected chi connectivity index (χ2v) is 7.21. The van der Waals surface area contributed by atoms with Gasteiger partial charge < -0.3 is 33.6 Å². The third-order valence-electron chi connectivity index (χ3n) is 4.62. The molecule has 3 rings (SSSR count). The van der Waals surface area contributed by atoms with Crippen LogP contribution in [0.3, 0.4) is 0 Å². The molecule has 2 heterocycles. The predicted octanol–water partition coefficient (Wildman–Crippen LogP) is 2.18. The number of hydrogen-bond acceptors (Lipinski definition) is 7. The summed E-state index contributed by atoms with van der Waals surface area (Å²) in [4.78, 5) is 13.7. The van der Waals surface area contributed by atoms with Crippen LogP contribution >= 0.6 is 12.2 Å². The standard InChI is InChI=1S/C21H28N2O6S/c1-16-14-20(24)29-19-15-17(2-3-18(16)19)22-21(30)23-4-6-25-8-10-27-12-13-28-11-9-26-7-5-23/h2-3,14-15H,4-13H2,1H3,(H,22,30). The number of hydrogen-bond donors (Lipinski definition) is 1. The molecule has 0 amide bonds. The number of benzene rings is 1. The second kappa shape index (κ2) is 12.0. The molecule has 2 aromatic rings. The number of fused-ring (bicyclic) bond motifs is 1. The number of anilines is 1. The van der Waals surface area contributed by atoms with Crippen LogP contribution in [0.4, 0.5) is 5.69 Å². The second-order valence-electron chi connectivity index (χ2n) is 6.83. The quantitative estimate of drug-likeness (QED) is 0.534. The summed E-state index contributed by atoms with van der Waals surface area (Å²) < 4.78 is 27.5. The lowest BCUT2D eigenvalue weighted by atomic mass is 10.1. The Bertz CT molecular complexity index is 871. The molecule has 1 aliphatic rings. The summed E-state index contributed by atoms with van der Waals surface area (Å²) in [6.07, 6.45) is 0. The molecule has 0 saturated carbocycles. The molecule has 0 spiro atoms. The Morgan fingerprint density at radius 3 is 2.07 bits per heavy atom. The van der Waals surface area contributed by atoms with E-state index in [1.807, 2.05) is 24.0 Å². The first-order chi connectivity index (χ1) is 14.6. The van der Waals surface area contributed by atoms with Gasteiger partial charge in [-0.15, -0.1) is 0 Å². The van der Waals surface area contributed by atoms with Gasteiger partial charge in [0, 0.05) is 36.3 Å². The highest BCUT2D eigenvalue weighted by Gasteiger charge is 2.12. The fourth-order valence-electron chi connectivity index (χ4n) is 3.03. The van der Waals surface area contributed by atoms with Crippen molar-refractivity contribution in [1.82, 2.24) is 4.90 Å². The van der Waals surface area contributed by atoms with Crippen molar-refractivity contribution in [1.29, 1.82) is 0 Å². The van der Waals surface area contributed by atoms with E-state index in [4.69, 9.17) is 35.6 Å². The van der Waals surface area contributed by atoms with E-state index < -0.39 is 0 Å². The number of rotatable bonds is 1. The molecule has 30 heavy (non-hydrogen) atoms. The van der Waals surface area contributed by atoms with Crippen molar-refractivity contribution in [2.75, 3.05) is 71.3 Å². The third kappa shape index (κ3) is 7.03. The van der Waals surface area contributed by atoms with Gasteiger partial charge in [-0.1, -0.05) is 0 Å². The van der Waals surface area contributed by atoms with Gasteiger partial charge in [0.05, 0.1) is 52.9 Å². The maximum atomic E-state index is 11.7. The van der Waals surface area contributed by atoms with Gasteiger partial charge in [0.25, 0.3) is 0 Å². The molecular formula is C21H28N2O6S. The molecule has 1 aromatic heterocycles. The highest BCUT2D eigenvalue weighted by molar-refractivity contribution is 7.80. The molecule has 9 heteroatoms. The van der Waals surface area contributed by atoms with Crippen LogP contribution in [0.2, 0.25) is 0 Å². The first kappa shape index (κ1) is 22.6. The van der Waals surface area contributed by atoms with Crippen molar-refractivity contribution in [2.24, 2.45) is 0 Å². The van der Waals surface area contributed by atoms with Gasteiger partial charge in [-0.25, -0.2) is 4.79 Å². The Kier molecular flexibility index (Phi) is 9.03. The topological polar surface area (TPSA) is 82.4 Å². The van der Waals surface area contributed by atoms with Gasteiger partial charge in [-0.3, -0.25) is 0 Å². The summed E-state index contributed by atoms with van der Waals surface area (Å²) >= 11 is 5.61. The minimum Gasteiger partial charge on any atom is -0.423 e. The Morgan fingerprint density at radius 2 is 1.47 bits per heavy atom. The van der Waals surface area contributed by atoms with Gasteiger partial charge in [0.1, 0.15) is 5.58 Å². The Labute approximate surface area is 181 Å². The molecule has 0 radical (unpaired) electrons. The van der Waals surface area contributed by atoms with Crippen molar-refractivity contribution < 1.29 is 23.4 Å². The van der Waals surface area contributed by atoms with Crippen molar-refractivity contribution in [3.63, 3.8) is 0 Å². The Balaban J connectivity index is 1.62. The van der Waals surface area contributed by atoms with Crippen molar-refractivity contribution >= 4 is 34.0 Å². The molecule has 0 unspecified atom stereocenters. The molecule has 1 aromatic carbocycles.